The number of carboxylic acid groups (broad SMARTS) is 1. The second kappa shape index (κ2) is 5.68. The van der Waals surface area contributed by atoms with E-state index in [0.717, 1.165) is 0 Å². The molecule has 0 aliphatic heterocycles. The van der Waals surface area contributed by atoms with Crippen molar-refractivity contribution in [3.63, 3.8) is 0 Å². The first kappa shape index (κ1) is 12.6. The molecule has 0 atom stereocenters. The van der Waals surface area contributed by atoms with Crippen molar-refractivity contribution >= 4 is 21.9 Å². The van der Waals surface area contributed by atoms with Gasteiger partial charge in [-0.1, -0.05) is 0 Å². The van der Waals surface area contributed by atoms with Gasteiger partial charge in [0.05, 0.1) is 22.9 Å². The Balaban J connectivity index is 1.95. The average molecular weight is 311 g/mol. The van der Waals surface area contributed by atoms with E-state index in [9.17, 15) is 4.79 Å². The van der Waals surface area contributed by atoms with Gasteiger partial charge in [0.25, 0.3) is 0 Å². The third-order valence-electron chi connectivity index (χ3n) is 2.35. The van der Waals surface area contributed by atoms with Gasteiger partial charge in [-0.05, 0) is 34.1 Å². The minimum absolute atomic E-state index is 0.226. The van der Waals surface area contributed by atoms with Crippen LogP contribution in [0.4, 0.5) is 0 Å². The van der Waals surface area contributed by atoms with Gasteiger partial charge in [-0.3, -0.25) is 0 Å². The van der Waals surface area contributed by atoms with Crippen LogP contribution in [0.5, 0.6) is 5.75 Å². The Morgan fingerprint density at radius 3 is 2.94 bits per heavy atom. The summed E-state index contributed by atoms with van der Waals surface area (Å²) < 4.78 is 8.09. The van der Waals surface area contributed by atoms with Crippen LogP contribution in [0.15, 0.2) is 41.4 Å². The normalized spacial score (nSPS) is 10.3. The third kappa shape index (κ3) is 3.10. The lowest BCUT2D eigenvalue weighted by molar-refractivity contribution is 0.0697. The number of aromatic nitrogens is 2. The summed E-state index contributed by atoms with van der Waals surface area (Å²) in [6.07, 6.45) is 5.27. The van der Waals surface area contributed by atoms with E-state index in [1.54, 1.807) is 18.6 Å². The summed E-state index contributed by atoms with van der Waals surface area (Å²) >= 11 is 3.29. The van der Waals surface area contributed by atoms with Crippen LogP contribution < -0.4 is 4.74 Å². The molecule has 1 aromatic carbocycles. The van der Waals surface area contributed by atoms with Crippen LogP contribution in [0.1, 0.15) is 10.4 Å². The van der Waals surface area contributed by atoms with Crippen LogP contribution >= 0.6 is 15.9 Å². The molecule has 18 heavy (non-hydrogen) atoms. The van der Waals surface area contributed by atoms with Gasteiger partial charge in [0.1, 0.15) is 12.4 Å². The molecule has 2 rings (SSSR count). The smallest absolute Gasteiger partial charge is 0.335 e. The van der Waals surface area contributed by atoms with Crippen molar-refractivity contribution < 1.29 is 14.6 Å². The first-order valence-electron chi connectivity index (χ1n) is 5.28. The van der Waals surface area contributed by atoms with Crippen LogP contribution in [-0.2, 0) is 6.54 Å². The molecule has 1 heterocycles. The van der Waals surface area contributed by atoms with E-state index in [0.29, 0.717) is 23.4 Å². The summed E-state index contributed by atoms with van der Waals surface area (Å²) in [6.45, 7) is 1.18. The Bertz CT molecular complexity index is 540. The van der Waals surface area contributed by atoms with Gasteiger partial charge in [0.2, 0.25) is 0 Å². The highest BCUT2D eigenvalue weighted by molar-refractivity contribution is 9.10. The maximum absolute atomic E-state index is 10.8. The summed E-state index contributed by atoms with van der Waals surface area (Å²) in [7, 11) is 0. The summed E-state index contributed by atoms with van der Waals surface area (Å²) in [4.78, 5) is 14.7. The lowest BCUT2D eigenvalue weighted by atomic mass is 10.2. The second-order valence-electron chi connectivity index (χ2n) is 3.60. The quantitative estimate of drug-likeness (QED) is 0.921. The highest BCUT2D eigenvalue weighted by Gasteiger charge is 2.07. The monoisotopic (exact) mass is 310 g/mol. The fourth-order valence-electron chi connectivity index (χ4n) is 1.43. The zero-order valence-electron chi connectivity index (χ0n) is 9.41. The Morgan fingerprint density at radius 2 is 2.33 bits per heavy atom. The first-order chi connectivity index (χ1) is 8.66. The predicted octanol–water partition coefficient (Wildman–Crippen LogP) is 2.42. The van der Waals surface area contributed by atoms with E-state index in [1.807, 2.05) is 10.8 Å². The van der Waals surface area contributed by atoms with Crippen molar-refractivity contribution in [2.24, 2.45) is 0 Å². The van der Waals surface area contributed by atoms with Gasteiger partial charge >= 0.3 is 5.97 Å². The number of carbonyl (C=O) groups is 1. The van der Waals surface area contributed by atoms with E-state index in [2.05, 4.69) is 20.9 Å². The van der Waals surface area contributed by atoms with Crippen molar-refractivity contribution in [3.05, 3.63) is 47.0 Å². The van der Waals surface area contributed by atoms with E-state index < -0.39 is 5.97 Å². The molecule has 0 radical (unpaired) electrons. The van der Waals surface area contributed by atoms with Crippen molar-refractivity contribution in [2.75, 3.05) is 6.61 Å². The standard InChI is InChI=1S/C12H11BrN2O3/c13-10-7-9(12(16)17)1-2-11(10)18-6-5-15-4-3-14-8-15/h1-4,7-8H,5-6H2,(H,16,17). The maximum Gasteiger partial charge on any atom is 0.335 e. The lowest BCUT2D eigenvalue weighted by Crippen LogP contribution is -2.07. The molecule has 6 heteroatoms. The van der Waals surface area contributed by atoms with Crippen molar-refractivity contribution in [1.82, 2.24) is 9.55 Å². The molecule has 0 bridgehead atoms. The number of hydrogen-bond donors (Lipinski definition) is 1. The second-order valence-corrected chi connectivity index (χ2v) is 4.45. The summed E-state index contributed by atoms with van der Waals surface area (Å²) in [5.74, 6) is -0.333. The van der Waals surface area contributed by atoms with Crippen molar-refractivity contribution in [2.45, 2.75) is 6.54 Å². The maximum atomic E-state index is 10.8. The molecule has 0 fully saturated rings. The number of hydrogen-bond acceptors (Lipinski definition) is 3. The largest absolute Gasteiger partial charge is 0.491 e. The Hall–Kier alpha value is -1.82. The van der Waals surface area contributed by atoms with Gasteiger partial charge in [-0.25, -0.2) is 9.78 Å². The van der Waals surface area contributed by atoms with Gasteiger partial charge in [-0.2, -0.15) is 0 Å². The van der Waals surface area contributed by atoms with Crippen LogP contribution in [0, 0.1) is 0 Å². The first-order valence-corrected chi connectivity index (χ1v) is 6.07. The molecular formula is C12H11BrN2O3. The number of carboxylic acids is 1. The predicted molar refractivity (Wildman–Crippen MR) is 68.8 cm³/mol. The van der Waals surface area contributed by atoms with E-state index in [-0.39, 0.29) is 5.56 Å². The number of aromatic carboxylic acids is 1. The molecule has 0 aliphatic rings. The van der Waals surface area contributed by atoms with E-state index in [4.69, 9.17) is 9.84 Å². The van der Waals surface area contributed by atoms with Gasteiger partial charge in [-0.15, -0.1) is 0 Å². The zero-order chi connectivity index (χ0) is 13.0. The minimum atomic E-state index is -0.958. The minimum Gasteiger partial charge on any atom is -0.491 e. The number of nitrogens with zero attached hydrogens (tertiary/aromatic N) is 2. The van der Waals surface area contributed by atoms with Crippen molar-refractivity contribution in [3.8, 4) is 5.75 Å². The molecule has 0 unspecified atom stereocenters. The highest BCUT2D eigenvalue weighted by atomic mass is 79.9. The van der Waals surface area contributed by atoms with E-state index in [1.165, 1.54) is 12.1 Å². The summed E-state index contributed by atoms with van der Waals surface area (Å²) in [6, 6.07) is 4.68. The van der Waals surface area contributed by atoms with Crippen LogP contribution in [0.2, 0.25) is 0 Å². The molecule has 0 spiro atoms. The summed E-state index contributed by atoms with van der Waals surface area (Å²) in [5, 5.41) is 8.83. The number of rotatable bonds is 5. The van der Waals surface area contributed by atoms with Crippen LogP contribution in [0.25, 0.3) is 0 Å². The molecule has 94 valence electrons. The molecule has 0 saturated heterocycles. The number of ether oxygens (including phenoxy) is 1. The fraction of sp³-hybridized carbons (Fsp3) is 0.167. The number of imidazole rings is 1. The van der Waals surface area contributed by atoms with Gasteiger partial charge in [0.15, 0.2) is 0 Å². The number of halogens is 1. The van der Waals surface area contributed by atoms with Crippen LogP contribution in [0.3, 0.4) is 0 Å². The Morgan fingerprint density at radius 1 is 1.50 bits per heavy atom. The van der Waals surface area contributed by atoms with Crippen LogP contribution in [-0.4, -0.2) is 27.2 Å². The topological polar surface area (TPSA) is 64.3 Å². The zero-order valence-corrected chi connectivity index (χ0v) is 11.0. The van der Waals surface area contributed by atoms with E-state index >= 15 is 0 Å². The Labute approximate surface area is 112 Å². The van der Waals surface area contributed by atoms with Crippen molar-refractivity contribution in [1.29, 1.82) is 0 Å². The van der Waals surface area contributed by atoms with Gasteiger partial charge in [0, 0.05) is 12.4 Å². The molecule has 1 N–H and O–H groups in total. The lowest BCUT2D eigenvalue weighted by Gasteiger charge is -2.09. The molecule has 0 saturated carbocycles. The molecule has 0 amide bonds. The number of benzene rings is 1. The third-order valence-corrected chi connectivity index (χ3v) is 2.96. The molecule has 1 aromatic heterocycles. The summed E-state index contributed by atoms with van der Waals surface area (Å²) in [5.41, 5.74) is 0.226. The fourth-order valence-corrected chi connectivity index (χ4v) is 1.92. The molecule has 2 aromatic rings. The highest BCUT2D eigenvalue weighted by Crippen LogP contribution is 2.26. The van der Waals surface area contributed by atoms with Gasteiger partial charge < -0.3 is 14.4 Å². The molecule has 0 aliphatic carbocycles. The molecular weight excluding hydrogens is 300 g/mol. The average Bonchev–Trinajstić information content (AvgIpc) is 2.84. The SMILES string of the molecule is O=C(O)c1ccc(OCCn2ccnc2)c(Br)c1. The Kier molecular flexibility index (Phi) is 3.99. The molecule has 5 nitrogen and oxygen atoms in total.